The van der Waals surface area contributed by atoms with Crippen LogP contribution in [0.3, 0.4) is 0 Å². The van der Waals surface area contributed by atoms with Crippen LogP contribution in [0.2, 0.25) is 0 Å². The first kappa shape index (κ1) is 30.4. The molecule has 4 aromatic heterocycles. The third-order valence-electron chi connectivity index (χ3n) is 5.65. The number of hydrogen-bond donors (Lipinski definition) is 4. The highest BCUT2D eigenvalue weighted by Crippen LogP contribution is 2.24. The monoisotopic (exact) mass is 564 g/mol. The Hall–Kier alpha value is -6.12. The zero-order valence-electron chi connectivity index (χ0n) is 22.1. The molecule has 0 bridgehead atoms. The molecule has 2 aromatic carbocycles. The molecule has 0 aliphatic carbocycles. The third-order valence-corrected chi connectivity index (χ3v) is 5.65. The molecule has 0 saturated carbocycles. The number of aromatic nitrogens is 8. The molecule has 0 spiro atoms. The first-order valence-electron chi connectivity index (χ1n) is 12.0. The summed E-state index contributed by atoms with van der Waals surface area (Å²) < 4.78 is 0. The summed E-state index contributed by atoms with van der Waals surface area (Å²) in [5.74, 6) is 1.40. The quantitative estimate of drug-likeness (QED) is 0.239. The Kier molecular flexibility index (Phi) is 9.99. The Morgan fingerprint density at radius 1 is 0.310 bits per heavy atom. The van der Waals surface area contributed by atoms with Crippen molar-refractivity contribution in [3.63, 3.8) is 0 Å². The van der Waals surface area contributed by atoms with E-state index in [1.54, 1.807) is 24.8 Å². The summed E-state index contributed by atoms with van der Waals surface area (Å²) in [6, 6.07) is 23.4. The van der Waals surface area contributed by atoms with Gasteiger partial charge in [0.25, 0.3) is 0 Å². The summed E-state index contributed by atoms with van der Waals surface area (Å²) in [5.41, 5.74) is 28.3. The second-order valence-corrected chi connectivity index (χ2v) is 8.38. The minimum absolute atomic E-state index is 0. The van der Waals surface area contributed by atoms with Gasteiger partial charge in [-0.25, -0.2) is 0 Å². The number of benzene rings is 2. The molecule has 6 rings (SSSR count). The van der Waals surface area contributed by atoms with Gasteiger partial charge in [0.2, 0.25) is 23.8 Å². The van der Waals surface area contributed by atoms with Crippen LogP contribution in [-0.4, -0.2) is 50.8 Å². The second kappa shape index (κ2) is 13.8. The van der Waals surface area contributed by atoms with Gasteiger partial charge < -0.3 is 33.9 Å². The van der Waals surface area contributed by atoms with Crippen molar-refractivity contribution >= 4 is 23.8 Å². The average molecular weight is 565 g/mol. The van der Waals surface area contributed by atoms with Crippen LogP contribution in [-0.2, 0) is 0 Å². The molecule has 42 heavy (non-hydrogen) atoms. The molecular formula is C28H28N12O2. The van der Waals surface area contributed by atoms with Gasteiger partial charge in [0.05, 0.1) is 0 Å². The molecule has 212 valence electrons. The highest BCUT2D eigenvalue weighted by molar-refractivity contribution is 5.69. The number of anilines is 4. The molecule has 0 aliphatic heterocycles. The fraction of sp³-hybridized carbons (Fsp3) is 0. The van der Waals surface area contributed by atoms with Crippen molar-refractivity contribution in [2.75, 3.05) is 22.9 Å². The fourth-order valence-electron chi connectivity index (χ4n) is 3.79. The van der Waals surface area contributed by atoms with Crippen LogP contribution in [0.4, 0.5) is 23.8 Å². The van der Waals surface area contributed by atoms with E-state index < -0.39 is 0 Å². The minimum atomic E-state index is 0. The van der Waals surface area contributed by atoms with Gasteiger partial charge >= 0.3 is 0 Å². The standard InChI is InChI=1S/2C14H12N6.2H2O/c2*15-13-18-12(19-14(16)20-13)11-3-1-9(2-4-11)10-5-7-17-8-6-10;;/h2*1-8H,(H4,15,16,18,19,20);2*1H2. The molecule has 6 aromatic rings. The van der Waals surface area contributed by atoms with E-state index in [4.69, 9.17) is 22.9 Å². The van der Waals surface area contributed by atoms with E-state index in [9.17, 15) is 0 Å². The lowest BCUT2D eigenvalue weighted by molar-refractivity contribution is 0.823. The molecule has 0 saturated heterocycles. The maximum atomic E-state index is 5.57. The van der Waals surface area contributed by atoms with Gasteiger partial charge in [-0.1, -0.05) is 48.5 Å². The van der Waals surface area contributed by atoms with Crippen molar-refractivity contribution in [1.29, 1.82) is 0 Å². The Bertz CT molecular complexity index is 1550. The molecule has 4 heterocycles. The number of pyridine rings is 2. The van der Waals surface area contributed by atoms with Crippen LogP contribution in [0.5, 0.6) is 0 Å². The summed E-state index contributed by atoms with van der Waals surface area (Å²) in [6.45, 7) is 0. The van der Waals surface area contributed by atoms with Gasteiger partial charge in [0.15, 0.2) is 11.6 Å². The van der Waals surface area contributed by atoms with Crippen molar-refractivity contribution in [1.82, 2.24) is 39.9 Å². The molecule has 0 amide bonds. The van der Waals surface area contributed by atoms with Crippen molar-refractivity contribution in [2.24, 2.45) is 0 Å². The lowest BCUT2D eigenvalue weighted by Gasteiger charge is -2.04. The van der Waals surface area contributed by atoms with E-state index in [1.807, 2.05) is 72.8 Å². The van der Waals surface area contributed by atoms with Crippen LogP contribution >= 0.6 is 0 Å². The summed E-state index contributed by atoms with van der Waals surface area (Å²) in [7, 11) is 0. The first-order chi connectivity index (χ1) is 19.4. The van der Waals surface area contributed by atoms with Crippen molar-refractivity contribution < 1.29 is 11.0 Å². The number of hydrogen-bond acceptors (Lipinski definition) is 12. The van der Waals surface area contributed by atoms with E-state index in [1.165, 1.54) is 0 Å². The van der Waals surface area contributed by atoms with Gasteiger partial charge in [-0.05, 0) is 46.5 Å². The van der Waals surface area contributed by atoms with Gasteiger partial charge in [-0.3, -0.25) is 9.97 Å². The van der Waals surface area contributed by atoms with Crippen LogP contribution < -0.4 is 22.9 Å². The molecule has 12 N–H and O–H groups in total. The SMILES string of the molecule is Nc1nc(N)nc(-c2ccc(-c3ccncc3)cc2)n1.Nc1nc(N)nc(-c2ccc(-c3ccncc3)cc2)n1.O.O. The Morgan fingerprint density at radius 3 is 0.833 bits per heavy atom. The van der Waals surface area contributed by atoms with E-state index >= 15 is 0 Å². The van der Waals surface area contributed by atoms with Gasteiger partial charge in [-0.15, -0.1) is 0 Å². The summed E-state index contributed by atoms with van der Waals surface area (Å²) in [6.07, 6.45) is 7.04. The average Bonchev–Trinajstić information content (AvgIpc) is 2.98. The summed E-state index contributed by atoms with van der Waals surface area (Å²) >= 11 is 0. The largest absolute Gasteiger partial charge is 0.412 e. The maximum Gasteiger partial charge on any atom is 0.225 e. The number of rotatable bonds is 4. The van der Waals surface area contributed by atoms with E-state index in [0.29, 0.717) is 11.6 Å². The lowest BCUT2D eigenvalue weighted by Crippen LogP contribution is -2.04. The van der Waals surface area contributed by atoms with Crippen LogP contribution in [0, 0.1) is 0 Å². The Balaban J connectivity index is 0.000000220. The van der Waals surface area contributed by atoms with Crippen molar-refractivity contribution in [3.05, 3.63) is 97.6 Å². The highest BCUT2D eigenvalue weighted by atomic mass is 16.0. The van der Waals surface area contributed by atoms with Crippen LogP contribution in [0.15, 0.2) is 97.6 Å². The molecule has 0 atom stereocenters. The minimum Gasteiger partial charge on any atom is -0.412 e. The van der Waals surface area contributed by atoms with Gasteiger partial charge in [0.1, 0.15) is 0 Å². The number of nitrogen functional groups attached to an aromatic ring is 4. The van der Waals surface area contributed by atoms with Crippen molar-refractivity contribution in [2.45, 2.75) is 0 Å². The van der Waals surface area contributed by atoms with Crippen molar-refractivity contribution in [3.8, 4) is 45.0 Å². The predicted molar refractivity (Wildman–Crippen MR) is 162 cm³/mol. The van der Waals surface area contributed by atoms with E-state index in [-0.39, 0.29) is 34.7 Å². The number of nitrogens with two attached hydrogens (primary N) is 4. The molecule has 0 radical (unpaired) electrons. The van der Waals surface area contributed by atoms with Crippen LogP contribution in [0.25, 0.3) is 45.0 Å². The topological polar surface area (TPSA) is 270 Å². The number of nitrogens with zero attached hydrogens (tertiary/aromatic N) is 8. The summed E-state index contributed by atoms with van der Waals surface area (Å²) in [4.78, 5) is 31.8. The molecule has 14 nitrogen and oxygen atoms in total. The summed E-state index contributed by atoms with van der Waals surface area (Å²) in [5, 5.41) is 0. The normalized spacial score (nSPS) is 9.90. The van der Waals surface area contributed by atoms with Crippen LogP contribution in [0.1, 0.15) is 0 Å². The zero-order chi connectivity index (χ0) is 27.9. The maximum absolute atomic E-state index is 5.57. The predicted octanol–water partition coefficient (Wildman–Crippen LogP) is 1.88. The van der Waals surface area contributed by atoms with E-state index in [2.05, 4.69) is 39.9 Å². The Morgan fingerprint density at radius 2 is 0.548 bits per heavy atom. The Labute approximate surface area is 240 Å². The van der Waals surface area contributed by atoms with Gasteiger partial charge in [0, 0.05) is 35.9 Å². The molecule has 0 fully saturated rings. The van der Waals surface area contributed by atoms with Gasteiger partial charge in [-0.2, -0.15) is 29.9 Å². The molecular weight excluding hydrogens is 536 g/mol. The molecule has 14 heteroatoms. The third kappa shape index (κ3) is 7.50. The first-order valence-corrected chi connectivity index (χ1v) is 12.0. The molecule has 0 unspecified atom stereocenters. The lowest BCUT2D eigenvalue weighted by atomic mass is 10.1. The molecule has 0 aliphatic rings. The smallest absolute Gasteiger partial charge is 0.225 e. The fourth-order valence-corrected chi connectivity index (χ4v) is 3.79. The second-order valence-electron chi connectivity index (χ2n) is 8.38. The highest BCUT2D eigenvalue weighted by Gasteiger charge is 2.07. The van der Waals surface area contributed by atoms with E-state index in [0.717, 1.165) is 33.4 Å². The zero-order valence-corrected chi connectivity index (χ0v) is 22.1.